The Morgan fingerprint density at radius 1 is 1.09 bits per heavy atom. The Labute approximate surface area is 138 Å². The molecule has 2 unspecified atom stereocenters. The zero-order valence-corrected chi connectivity index (χ0v) is 13.2. The summed E-state index contributed by atoms with van der Waals surface area (Å²) in [7, 11) is 0. The first kappa shape index (κ1) is 15.7. The quantitative estimate of drug-likeness (QED) is 0.848. The summed E-state index contributed by atoms with van der Waals surface area (Å²) in [5.74, 6) is 2.00. The fourth-order valence-electron chi connectivity index (χ4n) is 2.17. The van der Waals surface area contributed by atoms with Crippen LogP contribution in [0.3, 0.4) is 0 Å². The molecule has 120 valence electrons. The number of ether oxygens (including phenoxy) is 2. The third kappa shape index (κ3) is 4.40. The second-order valence-electron chi connectivity index (χ2n) is 5.08. The molecular formula is C17H17NO4S. The Hall–Kier alpha value is -2.18. The Morgan fingerprint density at radius 2 is 1.74 bits per heavy atom. The van der Waals surface area contributed by atoms with Crippen molar-refractivity contribution in [1.82, 2.24) is 5.32 Å². The smallest absolute Gasteiger partial charge is 0.321 e. The molecule has 2 N–H and O–H groups in total. The van der Waals surface area contributed by atoms with E-state index in [0.717, 1.165) is 17.2 Å². The average Bonchev–Trinajstić information content (AvgIpc) is 3.04. The first-order valence-corrected chi connectivity index (χ1v) is 8.32. The van der Waals surface area contributed by atoms with Gasteiger partial charge in [0.1, 0.15) is 29.9 Å². The van der Waals surface area contributed by atoms with Crippen LogP contribution in [0, 0.1) is 0 Å². The van der Waals surface area contributed by atoms with Gasteiger partial charge < -0.3 is 14.6 Å². The number of thioether (sulfide) groups is 1. The molecule has 0 aliphatic carbocycles. The first-order valence-electron chi connectivity index (χ1n) is 7.27. The van der Waals surface area contributed by atoms with Crippen molar-refractivity contribution >= 4 is 17.7 Å². The standard InChI is InChI=1S/C17H17NO4S/c19-17(20)15-11-23-16(18-15)10-21-12-6-8-14(9-7-12)22-13-4-2-1-3-5-13/h1-9,15-16,18H,10-11H2,(H,19,20). The molecule has 0 aromatic heterocycles. The van der Waals surface area contributed by atoms with E-state index in [1.807, 2.05) is 54.6 Å². The van der Waals surface area contributed by atoms with Gasteiger partial charge in [0.05, 0.1) is 5.37 Å². The van der Waals surface area contributed by atoms with Crippen molar-refractivity contribution in [2.24, 2.45) is 0 Å². The number of nitrogens with one attached hydrogen (secondary N) is 1. The molecule has 2 atom stereocenters. The van der Waals surface area contributed by atoms with Crippen molar-refractivity contribution in [2.75, 3.05) is 12.4 Å². The number of rotatable bonds is 6. The number of carbonyl (C=O) groups is 1. The maximum Gasteiger partial charge on any atom is 0.321 e. The molecule has 3 rings (SSSR count). The summed E-state index contributed by atoms with van der Waals surface area (Å²) in [6.45, 7) is 0.424. The fraction of sp³-hybridized carbons (Fsp3) is 0.235. The van der Waals surface area contributed by atoms with E-state index >= 15 is 0 Å². The SMILES string of the molecule is O=C(O)C1CSC(COc2ccc(Oc3ccccc3)cc2)N1. The molecule has 0 radical (unpaired) electrons. The van der Waals surface area contributed by atoms with Crippen molar-refractivity contribution < 1.29 is 19.4 Å². The van der Waals surface area contributed by atoms with Crippen LogP contribution in [-0.4, -0.2) is 34.9 Å². The zero-order valence-electron chi connectivity index (χ0n) is 12.3. The van der Waals surface area contributed by atoms with Crippen LogP contribution in [0.4, 0.5) is 0 Å². The van der Waals surface area contributed by atoms with Crippen LogP contribution in [-0.2, 0) is 4.79 Å². The second kappa shape index (κ2) is 7.39. The van der Waals surface area contributed by atoms with Crippen LogP contribution in [0.5, 0.6) is 17.2 Å². The van der Waals surface area contributed by atoms with E-state index in [2.05, 4.69) is 5.32 Å². The minimum absolute atomic E-state index is 0.00338. The maximum atomic E-state index is 10.9. The van der Waals surface area contributed by atoms with E-state index in [1.165, 1.54) is 0 Å². The lowest BCUT2D eigenvalue weighted by Gasteiger charge is -2.13. The largest absolute Gasteiger partial charge is 0.491 e. The van der Waals surface area contributed by atoms with Gasteiger partial charge in [-0.25, -0.2) is 0 Å². The van der Waals surface area contributed by atoms with Crippen molar-refractivity contribution in [3.8, 4) is 17.2 Å². The molecule has 5 nitrogen and oxygen atoms in total. The van der Waals surface area contributed by atoms with E-state index in [0.29, 0.717) is 12.4 Å². The van der Waals surface area contributed by atoms with Crippen LogP contribution < -0.4 is 14.8 Å². The number of hydrogen-bond acceptors (Lipinski definition) is 5. The number of carboxylic acid groups (broad SMARTS) is 1. The third-order valence-electron chi connectivity index (χ3n) is 3.35. The van der Waals surface area contributed by atoms with E-state index in [-0.39, 0.29) is 5.37 Å². The van der Waals surface area contributed by atoms with Gasteiger partial charge in [0.25, 0.3) is 0 Å². The number of carboxylic acids is 1. The zero-order chi connectivity index (χ0) is 16.1. The van der Waals surface area contributed by atoms with Gasteiger partial charge in [-0.05, 0) is 36.4 Å². The Kier molecular flexibility index (Phi) is 5.05. The van der Waals surface area contributed by atoms with Gasteiger partial charge in [-0.2, -0.15) is 0 Å². The lowest BCUT2D eigenvalue weighted by Crippen LogP contribution is -2.38. The molecule has 2 aromatic carbocycles. The van der Waals surface area contributed by atoms with Crippen LogP contribution >= 0.6 is 11.8 Å². The van der Waals surface area contributed by atoms with Crippen molar-refractivity contribution in [3.63, 3.8) is 0 Å². The van der Waals surface area contributed by atoms with Gasteiger partial charge >= 0.3 is 5.97 Å². The van der Waals surface area contributed by atoms with E-state index < -0.39 is 12.0 Å². The Morgan fingerprint density at radius 3 is 2.39 bits per heavy atom. The monoisotopic (exact) mass is 331 g/mol. The fourth-order valence-corrected chi connectivity index (χ4v) is 3.26. The predicted octanol–water partition coefficient (Wildman–Crippen LogP) is 2.97. The van der Waals surface area contributed by atoms with Crippen molar-refractivity contribution in [3.05, 3.63) is 54.6 Å². The molecule has 0 saturated carbocycles. The van der Waals surface area contributed by atoms with E-state index in [4.69, 9.17) is 14.6 Å². The summed E-state index contributed by atoms with van der Waals surface area (Å²) >= 11 is 1.56. The van der Waals surface area contributed by atoms with E-state index in [9.17, 15) is 4.79 Å². The summed E-state index contributed by atoms with van der Waals surface area (Å²) in [5, 5.41) is 12.0. The number of aliphatic carboxylic acids is 1. The Balaban J connectivity index is 1.49. The minimum atomic E-state index is -0.817. The summed E-state index contributed by atoms with van der Waals surface area (Å²) in [6.07, 6.45) is 0. The molecule has 1 aliphatic heterocycles. The van der Waals surface area contributed by atoms with Crippen LogP contribution in [0.15, 0.2) is 54.6 Å². The van der Waals surface area contributed by atoms with Gasteiger partial charge in [0.2, 0.25) is 0 Å². The van der Waals surface area contributed by atoms with Crippen molar-refractivity contribution in [2.45, 2.75) is 11.4 Å². The normalized spacial score (nSPS) is 20.2. The molecular weight excluding hydrogens is 314 g/mol. The van der Waals surface area contributed by atoms with Crippen LogP contribution in [0.1, 0.15) is 0 Å². The second-order valence-corrected chi connectivity index (χ2v) is 6.31. The number of para-hydroxylation sites is 1. The van der Waals surface area contributed by atoms with Gasteiger partial charge in [0.15, 0.2) is 0 Å². The highest BCUT2D eigenvalue weighted by Crippen LogP contribution is 2.25. The predicted molar refractivity (Wildman–Crippen MR) is 89.3 cm³/mol. The van der Waals surface area contributed by atoms with Crippen molar-refractivity contribution in [1.29, 1.82) is 0 Å². The molecule has 1 heterocycles. The highest BCUT2D eigenvalue weighted by atomic mass is 32.2. The summed E-state index contributed by atoms with van der Waals surface area (Å²) in [6, 6.07) is 16.4. The summed E-state index contributed by atoms with van der Waals surface area (Å²) in [4.78, 5) is 10.9. The molecule has 1 saturated heterocycles. The molecule has 0 amide bonds. The molecule has 2 aromatic rings. The molecule has 6 heteroatoms. The van der Waals surface area contributed by atoms with Gasteiger partial charge in [0, 0.05) is 5.75 Å². The van der Waals surface area contributed by atoms with Gasteiger partial charge in [-0.1, -0.05) is 18.2 Å². The summed E-state index contributed by atoms with van der Waals surface area (Å²) in [5.41, 5.74) is 0. The van der Waals surface area contributed by atoms with Gasteiger partial charge in [-0.3, -0.25) is 10.1 Å². The third-order valence-corrected chi connectivity index (χ3v) is 4.55. The molecule has 0 spiro atoms. The summed E-state index contributed by atoms with van der Waals surface area (Å²) < 4.78 is 11.4. The first-order chi connectivity index (χ1) is 11.2. The minimum Gasteiger partial charge on any atom is -0.491 e. The molecule has 0 bridgehead atoms. The maximum absolute atomic E-state index is 10.9. The van der Waals surface area contributed by atoms with Crippen LogP contribution in [0.25, 0.3) is 0 Å². The number of hydrogen-bond donors (Lipinski definition) is 2. The topological polar surface area (TPSA) is 67.8 Å². The number of benzene rings is 2. The molecule has 23 heavy (non-hydrogen) atoms. The lowest BCUT2D eigenvalue weighted by molar-refractivity contribution is -0.138. The highest BCUT2D eigenvalue weighted by Gasteiger charge is 2.29. The lowest BCUT2D eigenvalue weighted by atomic mass is 10.3. The molecule has 1 fully saturated rings. The highest BCUT2D eigenvalue weighted by molar-refractivity contribution is 8.00. The Bertz CT molecular complexity index is 647. The average molecular weight is 331 g/mol. The molecule has 1 aliphatic rings. The van der Waals surface area contributed by atoms with Gasteiger partial charge in [-0.15, -0.1) is 11.8 Å². The van der Waals surface area contributed by atoms with E-state index in [1.54, 1.807) is 11.8 Å². The van der Waals surface area contributed by atoms with Crippen LogP contribution in [0.2, 0.25) is 0 Å².